The van der Waals surface area contributed by atoms with Gasteiger partial charge in [0.15, 0.2) is 0 Å². The lowest BCUT2D eigenvalue weighted by Crippen LogP contribution is -2.46. The number of fused-ring (bicyclic) bond motifs is 2. The molecule has 2 aliphatic rings. The van der Waals surface area contributed by atoms with Crippen LogP contribution in [-0.4, -0.2) is 55.7 Å². The van der Waals surface area contributed by atoms with Crippen molar-refractivity contribution in [1.29, 1.82) is 0 Å². The molecule has 0 bridgehead atoms. The van der Waals surface area contributed by atoms with Crippen LogP contribution in [0.3, 0.4) is 0 Å². The zero-order valence-corrected chi connectivity index (χ0v) is 16.9. The van der Waals surface area contributed by atoms with Gasteiger partial charge in [-0.25, -0.2) is 0 Å². The van der Waals surface area contributed by atoms with Gasteiger partial charge in [0.2, 0.25) is 11.8 Å². The lowest BCUT2D eigenvalue weighted by Gasteiger charge is -2.28. The van der Waals surface area contributed by atoms with E-state index >= 15 is 0 Å². The van der Waals surface area contributed by atoms with Crippen LogP contribution in [0, 0.1) is 0 Å². The van der Waals surface area contributed by atoms with Gasteiger partial charge < -0.3 is 15.1 Å². The fourth-order valence-corrected chi connectivity index (χ4v) is 5.23. The van der Waals surface area contributed by atoms with E-state index in [1.165, 1.54) is 16.0 Å². The van der Waals surface area contributed by atoms with E-state index < -0.39 is 0 Å². The number of rotatable bonds is 6. The van der Waals surface area contributed by atoms with E-state index in [0.29, 0.717) is 13.1 Å². The molecule has 0 radical (unpaired) electrons. The fraction of sp³-hybridized carbons (Fsp3) is 0.364. The molecule has 1 atom stereocenters. The van der Waals surface area contributed by atoms with E-state index in [-0.39, 0.29) is 24.3 Å². The first kappa shape index (κ1) is 18.9. The Labute approximate surface area is 170 Å². The second kappa shape index (κ2) is 8.27. The monoisotopic (exact) mass is 395 g/mol. The summed E-state index contributed by atoms with van der Waals surface area (Å²) in [6.45, 7) is 1.84. The van der Waals surface area contributed by atoms with Crippen LogP contribution in [0.1, 0.15) is 17.0 Å². The highest BCUT2D eigenvalue weighted by Gasteiger charge is 2.29. The molecular weight excluding hydrogens is 370 g/mol. The Balaban J connectivity index is 1.48. The Kier molecular flexibility index (Phi) is 5.57. The van der Waals surface area contributed by atoms with Crippen molar-refractivity contribution < 1.29 is 9.59 Å². The highest BCUT2D eigenvalue weighted by Crippen LogP contribution is 2.39. The highest BCUT2D eigenvalue weighted by molar-refractivity contribution is 7.99. The van der Waals surface area contributed by atoms with Crippen molar-refractivity contribution in [1.82, 2.24) is 10.2 Å². The van der Waals surface area contributed by atoms with E-state index in [0.717, 1.165) is 24.4 Å². The van der Waals surface area contributed by atoms with Gasteiger partial charge >= 0.3 is 0 Å². The highest BCUT2D eigenvalue weighted by atomic mass is 32.2. The number of carbonyl (C=O) groups is 2. The van der Waals surface area contributed by atoms with Crippen LogP contribution in [0.5, 0.6) is 0 Å². The predicted molar refractivity (Wildman–Crippen MR) is 113 cm³/mol. The Morgan fingerprint density at radius 2 is 1.96 bits per heavy atom. The number of hydrogen-bond acceptors (Lipinski definition) is 4. The lowest BCUT2D eigenvalue weighted by atomic mass is 10.0. The molecule has 1 N–H and O–H groups in total. The molecule has 6 heteroatoms. The second-order valence-corrected chi connectivity index (χ2v) is 8.36. The first-order valence-electron chi connectivity index (χ1n) is 9.68. The molecule has 0 aliphatic carbocycles. The number of carbonyl (C=O) groups excluding carboxylic acids is 2. The number of anilines is 1. The van der Waals surface area contributed by atoms with Gasteiger partial charge in [0, 0.05) is 42.4 Å². The standard InChI is InChI=1S/C22H25N3O2S/c1-23-21(26)13-25(12-17-15-28-20-9-5-3-7-18(17)20)22(27)14-24-11-10-16-6-2-4-8-19(16)24/h2-9,17H,10-15H2,1H3,(H,23,26). The average molecular weight is 396 g/mol. The van der Waals surface area contributed by atoms with Gasteiger partial charge in [0.25, 0.3) is 0 Å². The molecular formula is C22H25N3O2S. The Morgan fingerprint density at radius 1 is 1.18 bits per heavy atom. The van der Waals surface area contributed by atoms with E-state index in [1.807, 2.05) is 36.0 Å². The molecule has 0 fully saturated rings. The van der Waals surface area contributed by atoms with Crippen molar-refractivity contribution in [2.24, 2.45) is 0 Å². The van der Waals surface area contributed by atoms with Crippen molar-refractivity contribution in [2.45, 2.75) is 17.2 Å². The second-order valence-electron chi connectivity index (χ2n) is 7.29. The van der Waals surface area contributed by atoms with Crippen LogP contribution < -0.4 is 10.2 Å². The van der Waals surface area contributed by atoms with Crippen molar-refractivity contribution in [3.8, 4) is 0 Å². The molecule has 28 heavy (non-hydrogen) atoms. The van der Waals surface area contributed by atoms with Crippen LogP contribution in [0.4, 0.5) is 5.69 Å². The van der Waals surface area contributed by atoms with Gasteiger partial charge in [0.05, 0.1) is 13.1 Å². The molecule has 0 aromatic heterocycles. The van der Waals surface area contributed by atoms with Crippen molar-refractivity contribution >= 4 is 29.3 Å². The quantitative estimate of drug-likeness (QED) is 0.817. The maximum Gasteiger partial charge on any atom is 0.242 e. The summed E-state index contributed by atoms with van der Waals surface area (Å²) in [5.74, 6) is 1.09. The van der Waals surface area contributed by atoms with Crippen molar-refractivity contribution in [3.63, 3.8) is 0 Å². The van der Waals surface area contributed by atoms with Crippen LogP contribution in [0.15, 0.2) is 53.4 Å². The third-order valence-corrected chi connectivity index (χ3v) is 6.77. The number of hydrogen-bond donors (Lipinski definition) is 1. The summed E-state index contributed by atoms with van der Waals surface area (Å²) in [7, 11) is 1.61. The summed E-state index contributed by atoms with van der Waals surface area (Å²) < 4.78 is 0. The third-order valence-electron chi connectivity index (χ3n) is 5.52. The molecule has 1 unspecified atom stereocenters. The lowest BCUT2D eigenvalue weighted by molar-refractivity contribution is -0.135. The molecule has 0 saturated carbocycles. The number of benzene rings is 2. The Bertz CT molecular complexity index is 886. The molecule has 5 nitrogen and oxygen atoms in total. The summed E-state index contributed by atoms with van der Waals surface area (Å²) in [5.41, 5.74) is 3.71. The van der Waals surface area contributed by atoms with Crippen LogP contribution >= 0.6 is 11.8 Å². The zero-order chi connectivity index (χ0) is 19.5. The van der Waals surface area contributed by atoms with Crippen LogP contribution in [0.25, 0.3) is 0 Å². The third kappa shape index (κ3) is 3.87. The Morgan fingerprint density at radius 3 is 2.82 bits per heavy atom. The molecule has 2 aliphatic heterocycles. The summed E-state index contributed by atoms with van der Waals surface area (Å²) >= 11 is 1.83. The zero-order valence-electron chi connectivity index (χ0n) is 16.1. The molecule has 0 saturated heterocycles. The number of likely N-dealkylation sites (N-methyl/N-ethyl adjacent to an activating group) is 1. The minimum atomic E-state index is -0.130. The van der Waals surface area contributed by atoms with Gasteiger partial charge in [-0.1, -0.05) is 36.4 Å². The fourth-order valence-electron chi connectivity index (χ4n) is 3.99. The number of amides is 2. The minimum Gasteiger partial charge on any atom is -0.362 e. The molecule has 4 rings (SSSR count). The maximum atomic E-state index is 13.2. The summed E-state index contributed by atoms with van der Waals surface area (Å²) in [6, 6.07) is 16.6. The number of thioether (sulfide) groups is 1. The molecule has 2 amide bonds. The number of nitrogens with one attached hydrogen (secondary N) is 1. The van der Waals surface area contributed by atoms with Crippen molar-refractivity contribution in [3.05, 3.63) is 59.7 Å². The largest absolute Gasteiger partial charge is 0.362 e. The van der Waals surface area contributed by atoms with E-state index in [1.54, 1.807) is 11.9 Å². The van der Waals surface area contributed by atoms with Gasteiger partial charge in [-0.15, -0.1) is 11.8 Å². The van der Waals surface area contributed by atoms with E-state index in [2.05, 4.69) is 34.5 Å². The number of para-hydroxylation sites is 1. The molecule has 2 aromatic carbocycles. The first-order valence-corrected chi connectivity index (χ1v) is 10.7. The van der Waals surface area contributed by atoms with Crippen LogP contribution in [-0.2, 0) is 16.0 Å². The van der Waals surface area contributed by atoms with E-state index in [9.17, 15) is 9.59 Å². The van der Waals surface area contributed by atoms with Crippen molar-refractivity contribution in [2.75, 3.05) is 43.9 Å². The minimum absolute atomic E-state index is 0.00897. The normalized spacial score (nSPS) is 17.2. The number of nitrogens with zero attached hydrogens (tertiary/aromatic N) is 2. The van der Waals surface area contributed by atoms with Gasteiger partial charge in [-0.2, -0.15) is 0 Å². The topological polar surface area (TPSA) is 52.7 Å². The van der Waals surface area contributed by atoms with E-state index in [4.69, 9.17) is 0 Å². The predicted octanol–water partition coefficient (Wildman–Crippen LogP) is 2.51. The molecule has 146 valence electrons. The van der Waals surface area contributed by atoms with Gasteiger partial charge in [0.1, 0.15) is 0 Å². The first-order chi connectivity index (χ1) is 13.7. The van der Waals surface area contributed by atoms with Crippen LogP contribution in [0.2, 0.25) is 0 Å². The average Bonchev–Trinajstić information content (AvgIpc) is 3.32. The maximum absolute atomic E-state index is 13.2. The van der Waals surface area contributed by atoms with Gasteiger partial charge in [-0.3, -0.25) is 9.59 Å². The molecule has 2 aromatic rings. The van der Waals surface area contributed by atoms with Gasteiger partial charge in [-0.05, 0) is 29.7 Å². The molecule has 2 heterocycles. The summed E-state index contributed by atoms with van der Waals surface area (Å²) in [4.78, 5) is 30.4. The smallest absolute Gasteiger partial charge is 0.242 e. The SMILES string of the molecule is CNC(=O)CN(CC1CSc2ccccc21)C(=O)CN1CCc2ccccc21. The summed E-state index contributed by atoms with van der Waals surface area (Å²) in [5, 5.41) is 2.65. The summed E-state index contributed by atoms with van der Waals surface area (Å²) in [6.07, 6.45) is 0.964. The molecule has 0 spiro atoms. The Hall–Kier alpha value is -2.47.